The standard InChI is InChI=1S/C15H16O6/c1-5-6-12-7-8-13(19-9(2)16)15(21-11(4)18)14(12)20-10(3)17/h5,7-8H,1,6H2,2-4H3. The summed E-state index contributed by atoms with van der Waals surface area (Å²) >= 11 is 0. The van der Waals surface area contributed by atoms with E-state index in [1.54, 1.807) is 12.1 Å². The van der Waals surface area contributed by atoms with Gasteiger partial charge in [-0.2, -0.15) is 0 Å². The highest BCUT2D eigenvalue weighted by Gasteiger charge is 2.21. The third-order valence-electron chi connectivity index (χ3n) is 2.27. The van der Waals surface area contributed by atoms with Gasteiger partial charge in [0.15, 0.2) is 11.5 Å². The van der Waals surface area contributed by atoms with E-state index < -0.39 is 17.9 Å². The maximum atomic E-state index is 11.2. The summed E-state index contributed by atoms with van der Waals surface area (Å²) in [6.45, 7) is 7.22. The van der Waals surface area contributed by atoms with Crippen molar-refractivity contribution in [2.45, 2.75) is 27.2 Å². The summed E-state index contributed by atoms with van der Waals surface area (Å²) in [6.07, 6.45) is 1.99. The van der Waals surface area contributed by atoms with Crippen LogP contribution in [0.3, 0.4) is 0 Å². The van der Waals surface area contributed by atoms with E-state index in [1.807, 2.05) is 0 Å². The van der Waals surface area contributed by atoms with Crippen LogP contribution in [0.5, 0.6) is 17.2 Å². The molecule has 0 bridgehead atoms. The van der Waals surface area contributed by atoms with Crippen LogP contribution >= 0.6 is 0 Å². The average Bonchev–Trinajstić information content (AvgIpc) is 2.35. The third-order valence-corrected chi connectivity index (χ3v) is 2.27. The van der Waals surface area contributed by atoms with Gasteiger partial charge in [-0.3, -0.25) is 14.4 Å². The van der Waals surface area contributed by atoms with Gasteiger partial charge in [0.05, 0.1) is 0 Å². The van der Waals surface area contributed by atoms with Crippen molar-refractivity contribution in [2.24, 2.45) is 0 Å². The summed E-state index contributed by atoms with van der Waals surface area (Å²) < 4.78 is 15.1. The van der Waals surface area contributed by atoms with Crippen LogP contribution in [0.4, 0.5) is 0 Å². The van der Waals surface area contributed by atoms with E-state index in [0.717, 1.165) is 0 Å². The van der Waals surface area contributed by atoms with Crippen LogP contribution < -0.4 is 14.2 Å². The molecule has 0 heterocycles. The molecule has 0 atom stereocenters. The van der Waals surface area contributed by atoms with Gasteiger partial charge in [0.2, 0.25) is 5.75 Å². The molecule has 1 aromatic rings. The van der Waals surface area contributed by atoms with Gasteiger partial charge in [0.25, 0.3) is 0 Å². The summed E-state index contributed by atoms with van der Waals surface area (Å²) in [6, 6.07) is 3.07. The smallest absolute Gasteiger partial charge is 0.308 e. The zero-order valence-corrected chi connectivity index (χ0v) is 12.1. The van der Waals surface area contributed by atoms with Gasteiger partial charge >= 0.3 is 17.9 Å². The van der Waals surface area contributed by atoms with Crippen LogP contribution in [-0.4, -0.2) is 17.9 Å². The van der Waals surface area contributed by atoms with Gasteiger partial charge < -0.3 is 14.2 Å². The van der Waals surface area contributed by atoms with E-state index in [9.17, 15) is 14.4 Å². The Balaban J connectivity index is 3.45. The number of carbonyl (C=O) groups excluding carboxylic acids is 3. The number of benzene rings is 1. The maximum Gasteiger partial charge on any atom is 0.308 e. The molecule has 6 heteroatoms. The van der Waals surface area contributed by atoms with Crippen molar-refractivity contribution in [3.05, 3.63) is 30.4 Å². The minimum atomic E-state index is -0.632. The molecular formula is C15H16O6. The molecule has 0 fully saturated rings. The van der Waals surface area contributed by atoms with Crippen LogP contribution in [0.15, 0.2) is 24.8 Å². The fourth-order valence-corrected chi connectivity index (χ4v) is 1.63. The lowest BCUT2D eigenvalue weighted by Crippen LogP contribution is -2.12. The Bertz CT molecular complexity index is 588. The number of rotatable bonds is 5. The Morgan fingerprint density at radius 1 is 0.952 bits per heavy atom. The van der Waals surface area contributed by atoms with E-state index in [-0.39, 0.29) is 17.2 Å². The SMILES string of the molecule is C=CCc1ccc(OC(C)=O)c(OC(C)=O)c1OC(C)=O. The lowest BCUT2D eigenvalue weighted by Gasteiger charge is -2.15. The molecule has 0 spiro atoms. The fraction of sp³-hybridized carbons (Fsp3) is 0.267. The first-order chi connectivity index (χ1) is 9.85. The monoisotopic (exact) mass is 292 g/mol. The van der Waals surface area contributed by atoms with Crippen molar-refractivity contribution in [1.29, 1.82) is 0 Å². The highest BCUT2D eigenvalue weighted by Crippen LogP contribution is 2.41. The Labute approximate surface area is 122 Å². The third kappa shape index (κ3) is 4.76. The van der Waals surface area contributed by atoms with Gasteiger partial charge in [0, 0.05) is 26.3 Å². The van der Waals surface area contributed by atoms with Crippen LogP contribution in [-0.2, 0) is 20.8 Å². The van der Waals surface area contributed by atoms with Crippen LogP contribution in [0.2, 0.25) is 0 Å². The molecule has 0 aliphatic carbocycles. The molecule has 21 heavy (non-hydrogen) atoms. The zero-order chi connectivity index (χ0) is 16.0. The zero-order valence-electron chi connectivity index (χ0n) is 12.1. The van der Waals surface area contributed by atoms with E-state index >= 15 is 0 Å². The molecule has 0 saturated heterocycles. The molecule has 112 valence electrons. The molecule has 6 nitrogen and oxygen atoms in total. The summed E-state index contributed by atoms with van der Waals surface area (Å²) in [5.41, 5.74) is 0.576. The molecule has 1 rings (SSSR count). The van der Waals surface area contributed by atoms with Crippen LogP contribution in [0, 0.1) is 0 Å². The second-order valence-corrected chi connectivity index (χ2v) is 4.15. The minimum absolute atomic E-state index is 0.00163. The Hall–Kier alpha value is -2.63. The molecule has 1 aromatic carbocycles. The van der Waals surface area contributed by atoms with Gasteiger partial charge in [-0.1, -0.05) is 12.1 Å². The molecule has 0 amide bonds. The molecule has 0 radical (unpaired) electrons. The number of allylic oxidation sites excluding steroid dienone is 1. The van der Waals surface area contributed by atoms with Crippen molar-refractivity contribution in [3.8, 4) is 17.2 Å². The molecule has 0 saturated carbocycles. The first-order valence-corrected chi connectivity index (χ1v) is 6.17. The maximum absolute atomic E-state index is 11.2. The summed E-state index contributed by atoms with van der Waals surface area (Å²) in [7, 11) is 0. The molecule has 0 aliphatic rings. The number of hydrogen-bond acceptors (Lipinski definition) is 6. The van der Waals surface area contributed by atoms with Crippen molar-refractivity contribution in [1.82, 2.24) is 0 Å². The normalized spacial score (nSPS) is 9.67. The highest BCUT2D eigenvalue weighted by atomic mass is 16.6. The van der Waals surface area contributed by atoms with Gasteiger partial charge in [-0.25, -0.2) is 0 Å². The Morgan fingerprint density at radius 2 is 1.48 bits per heavy atom. The minimum Gasteiger partial charge on any atom is -0.423 e. The van der Waals surface area contributed by atoms with Gasteiger partial charge in [-0.05, 0) is 12.5 Å². The van der Waals surface area contributed by atoms with E-state index in [2.05, 4.69) is 6.58 Å². The molecule has 0 unspecified atom stereocenters. The van der Waals surface area contributed by atoms with Crippen LogP contribution in [0.25, 0.3) is 0 Å². The lowest BCUT2D eigenvalue weighted by atomic mass is 10.1. The fourth-order valence-electron chi connectivity index (χ4n) is 1.63. The van der Waals surface area contributed by atoms with E-state index in [0.29, 0.717) is 12.0 Å². The molecular weight excluding hydrogens is 276 g/mol. The Morgan fingerprint density at radius 3 is 1.95 bits per heavy atom. The highest BCUT2D eigenvalue weighted by molar-refractivity contribution is 5.78. The summed E-state index contributed by atoms with van der Waals surface area (Å²) in [4.78, 5) is 33.6. The molecule has 0 aliphatic heterocycles. The van der Waals surface area contributed by atoms with Crippen molar-refractivity contribution in [3.63, 3.8) is 0 Å². The largest absolute Gasteiger partial charge is 0.423 e. The van der Waals surface area contributed by atoms with E-state index in [1.165, 1.54) is 26.8 Å². The summed E-state index contributed by atoms with van der Waals surface area (Å²) in [5.74, 6) is -1.87. The number of carbonyl (C=O) groups is 3. The Kier molecular flexibility index (Phi) is 5.66. The quantitative estimate of drug-likeness (QED) is 0.470. The predicted molar refractivity (Wildman–Crippen MR) is 74.3 cm³/mol. The second-order valence-electron chi connectivity index (χ2n) is 4.15. The van der Waals surface area contributed by atoms with Crippen molar-refractivity contribution >= 4 is 17.9 Å². The van der Waals surface area contributed by atoms with E-state index in [4.69, 9.17) is 14.2 Å². The lowest BCUT2D eigenvalue weighted by molar-refractivity contribution is -0.135. The number of hydrogen-bond donors (Lipinski definition) is 0. The summed E-state index contributed by atoms with van der Waals surface area (Å²) in [5, 5.41) is 0. The topological polar surface area (TPSA) is 78.9 Å². The molecule has 0 aromatic heterocycles. The van der Waals surface area contributed by atoms with Gasteiger partial charge in [0.1, 0.15) is 0 Å². The second kappa shape index (κ2) is 7.23. The average molecular weight is 292 g/mol. The van der Waals surface area contributed by atoms with Gasteiger partial charge in [-0.15, -0.1) is 6.58 Å². The number of ether oxygens (including phenoxy) is 3. The number of esters is 3. The van der Waals surface area contributed by atoms with Crippen molar-refractivity contribution < 1.29 is 28.6 Å². The van der Waals surface area contributed by atoms with Crippen molar-refractivity contribution in [2.75, 3.05) is 0 Å². The molecule has 0 N–H and O–H groups in total. The predicted octanol–water partition coefficient (Wildman–Crippen LogP) is 2.19. The first kappa shape index (κ1) is 16.4. The van der Waals surface area contributed by atoms with Crippen LogP contribution in [0.1, 0.15) is 26.3 Å². The first-order valence-electron chi connectivity index (χ1n) is 6.17.